The van der Waals surface area contributed by atoms with Crippen molar-refractivity contribution in [2.75, 3.05) is 6.26 Å². The number of hydrogen-bond acceptors (Lipinski definition) is 4. The highest BCUT2D eigenvalue weighted by Gasteiger charge is 2.32. The van der Waals surface area contributed by atoms with E-state index in [4.69, 9.17) is 0 Å². The van der Waals surface area contributed by atoms with E-state index < -0.39 is 31.9 Å². The smallest absolute Gasteiger partial charge is 0.251 e. The summed E-state index contributed by atoms with van der Waals surface area (Å²) < 4.78 is 51.7. The van der Waals surface area contributed by atoms with Crippen molar-refractivity contribution in [2.45, 2.75) is 18.3 Å². The lowest BCUT2D eigenvalue weighted by Crippen LogP contribution is -2.12. The zero-order valence-electron chi connectivity index (χ0n) is 9.92. The highest BCUT2D eigenvalue weighted by molar-refractivity contribution is 7.93. The molecule has 0 saturated heterocycles. The minimum atomic E-state index is -4.57. The minimum Gasteiger partial charge on any atom is -0.251 e. The van der Waals surface area contributed by atoms with Crippen molar-refractivity contribution in [2.24, 2.45) is 4.47 Å². The molecule has 1 aromatic heterocycles. The first-order valence-corrected chi connectivity index (χ1v) is 6.91. The van der Waals surface area contributed by atoms with Crippen LogP contribution in [0.15, 0.2) is 22.8 Å². The minimum absolute atomic E-state index is 0.186. The van der Waals surface area contributed by atoms with Crippen LogP contribution < -0.4 is 0 Å². The summed E-state index contributed by atoms with van der Waals surface area (Å²) in [5, 5.41) is 8.25. The Morgan fingerprint density at radius 1 is 1.47 bits per heavy atom. The number of alkyl halides is 3. The molecule has 0 aromatic carbocycles. The Labute approximate surface area is 107 Å². The van der Waals surface area contributed by atoms with Gasteiger partial charge in [-0.3, -0.25) is 4.98 Å². The molecule has 0 spiro atoms. The first-order chi connectivity index (χ1) is 8.54. The molecule has 1 heterocycles. The molecule has 0 saturated carbocycles. The van der Waals surface area contributed by atoms with Crippen molar-refractivity contribution in [3.05, 3.63) is 39.7 Å². The molecule has 0 aliphatic rings. The van der Waals surface area contributed by atoms with Gasteiger partial charge in [-0.25, -0.2) is 14.3 Å². The summed E-state index contributed by atoms with van der Waals surface area (Å²) in [6.07, 6.45) is -2.61. The van der Waals surface area contributed by atoms with Gasteiger partial charge in [-0.2, -0.15) is 13.2 Å². The van der Waals surface area contributed by atoms with E-state index in [1.54, 1.807) is 0 Å². The maximum atomic E-state index is 12.3. The zero-order valence-corrected chi connectivity index (χ0v) is 10.7. The number of hydrogen-bond donors (Lipinski definition) is 0. The number of nitro groups is 1. The van der Waals surface area contributed by atoms with Gasteiger partial charge in [-0.1, -0.05) is 6.07 Å². The van der Waals surface area contributed by atoms with E-state index in [0.717, 1.165) is 24.6 Å². The largest absolute Gasteiger partial charge is 0.433 e. The van der Waals surface area contributed by atoms with Crippen LogP contribution in [0.25, 0.3) is 0 Å². The molecule has 2 atom stereocenters. The van der Waals surface area contributed by atoms with Crippen molar-refractivity contribution >= 4 is 9.73 Å². The molecule has 0 bridgehead atoms. The fraction of sp³-hybridized carbons (Fsp3) is 0.444. The van der Waals surface area contributed by atoms with Crippen LogP contribution in [0.2, 0.25) is 0 Å². The van der Waals surface area contributed by atoms with Crippen LogP contribution in [0.1, 0.15) is 23.4 Å². The van der Waals surface area contributed by atoms with Crippen molar-refractivity contribution in [1.82, 2.24) is 4.98 Å². The second-order valence-electron chi connectivity index (χ2n) is 3.80. The van der Waals surface area contributed by atoms with Crippen molar-refractivity contribution in [1.29, 1.82) is 0 Å². The van der Waals surface area contributed by atoms with Gasteiger partial charge in [0.15, 0.2) is 5.03 Å². The van der Waals surface area contributed by atoms with Crippen LogP contribution in [0, 0.1) is 10.1 Å². The molecule has 19 heavy (non-hydrogen) atoms. The van der Waals surface area contributed by atoms with E-state index in [1.165, 1.54) is 6.92 Å². The Kier molecular flexibility index (Phi) is 4.13. The van der Waals surface area contributed by atoms with Gasteiger partial charge in [0, 0.05) is 12.5 Å². The lowest BCUT2D eigenvalue weighted by molar-refractivity contribution is -0.482. The predicted molar refractivity (Wildman–Crippen MR) is 61.1 cm³/mol. The molecule has 0 amide bonds. The zero-order chi connectivity index (χ0) is 14.8. The van der Waals surface area contributed by atoms with Gasteiger partial charge in [0.1, 0.15) is 19.9 Å². The van der Waals surface area contributed by atoms with E-state index in [2.05, 4.69) is 9.46 Å². The Morgan fingerprint density at radius 2 is 2.05 bits per heavy atom. The Bertz CT molecular complexity index is 591. The number of rotatable bonds is 3. The van der Waals surface area contributed by atoms with Gasteiger partial charge in [-0.05, 0) is 18.6 Å². The van der Waals surface area contributed by atoms with Crippen LogP contribution in [-0.4, -0.2) is 20.5 Å². The molecular formula is C9H10F3N3O3S. The summed E-state index contributed by atoms with van der Waals surface area (Å²) >= 11 is 0. The third-order valence-corrected chi connectivity index (χ3v) is 4.47. The summed E-state index contributed by atoms with van der Waals surface area (Å²) in [7, 11) is -3.21. The summed E-state index contributed by atoms with van der Waals surface area (Å²) in [6.45, 7) is 1.37. The highest BCUT2D eigenvalue weighted by Crippen LogP contribution is 2.29. The summed E-state index contributed by atoms with van der Waals surface area (Å²) in [5.74, 6) is 0. The SMILES string of the molecule is CC(c1ccc(C(F)(F)F)nc1)S(C)(=O)=N[N+](=O)[O-]. The fourth-order valence-electron chi connectivity index (χ4n) is 1.27. The van der Waals surface area contributed by atoms with Crippen molar-refractivity contribution < 1.29 is 22.4 Å². The van der Waals surface area contributed by atoms with Gasteiger partial charge >= 0.3 is 6.18 Å². The van der Waals surface area contributed by atoms with Gasteiger partial charge in [0.2, 0.25) is 0 Å². The van der Waals surface area contributed by atoms with Crippen molar-refractivity contribution in [3.63, 3.8) is 0 Å². The molecule has 2 unspecified atom stereocenters. The molecule has 10 heteroatoms. The molecule has 106 valence electrons. The molecule has 6 nitrogen and oxygen atoms in total. The molecule has 0 aliphatic carbocycles. The van der Waals surface area contributed by atoms with E-state index in [9.17, 15) is 27.5 Å². The topological polar surface area (TPSA) is 85.5 Å². The van der Waals surface area contributed by atoms with Crippen LogP contribution in [-0.2, 0) is 15.9 Å². The predicted octanol–water partition coefficient (Wildman–Crippen LogP) is 2.45. The second kappa shape index (κ2) is 5.11. The average Bonchev–Trinajstić information content (AvgIpc) is 2.25. The van der Waals surface area contributed by atoms with E-state index in [1.807, 2.05) is 0 Å². The Balaban J connectivity index is 3.13. The number of pyridine rings is 1. The molecule has 0 radical (unpaired) electrons. The first kappa shape index (κ1) is 15.3. The van der Waals surface area contributed by atoms with Gasteiger partial charge in [-0.15, -0.1) is 0 Å². The number of halogens is 3. The van der Waals surface area contributed by atoms with Crippen molar-refractivity contribution in [3.8, 4) is 0 Å². The van der Waals surface area contributed by atoms with E-state index in [-0.39, 0.29) is 5.56 Å². The quantitative estimate of drug-likeness (QED) is 0.633. The molecule has 0 fully saturated rings. The first-order valence-electron chi connectivity index (χ1n) is 4.92. The Morgan fingerprint density at radius 3 is 2.42 bits per heavy atom. The van der Waals surface area contributed by atoms with Gasteiger partial charge < -0.3 is 0 Å². The van der Waals surface area contributed by atoms with Crippen LogP contribution >= 0.6 is 0 Å². The maximum Gasteiger partial charge on any atom is 0.433 e. The monoisotopic (exact) mass is 297 g/mol. The summed E-state index contributed by atoms with van der Waals surface area (Å²) in [4.78, 5) is 13.4. The summed E-state index contributed by atoms with van der Waals surface area (Å²) in [5.41, 5.74) is -0.900. The number of nitrogens with zero attached hydrogens (tertiary/aromatic N) is 3. The van der Waals surface area contributed by atoms with Gasteiger partial charge in [0.25, 0.3) is 0 Å². The normalized spacial score (nSPS) is 16.5. The molecular weight excluding hydrogens is 287 g/mol. The number of aromatic nitrogens is 1. The van der Waals surface area contributed by atoms with Crippen LogP contribution in [0.3, 0.4) is 0 Å². The third kappa shape index (κ3) is 3.88. The van der Waals surface area contributed by atoms with E-state index in [0.29, 0.717) is 0 Å². The lowest BCUT2D eigenvalue weighted by Gasteiger charge is -2.12. The molecule has 0 aliphatic heterocycles. The summed E-state index contributed by atoms with van der Waals surface area (Å²) in [6, 6.07) is 1.81. The van der Waals surface area contributed by atoms with Crippen LogP contribution in [0.5, 0.6) is 0 Å². The maximum absolute atomic E-state index is 12.3. The van der Waals surface area contributed by atoms with E-state index >= 15 is 0 Å². The second-order valence-corrected chi connectivity index (χ2v) is 6.39. The van der Waals surface area contributed by atoms with Crippen LogP contribution in [0.4, 0.5) is 13.2 Å². The molecule has 1 rings (SSSR count). The lowest BCUT2D eigenvalue weighted by atomic mass is 10.2. The third-order valence-electron chi connectivity index (χ3n) is 2.43. The highest BCUT2D eigenvalue weighted by atomic mass is 32.2. The average molecular weight is 297 g/mol. The Hall–Kier alpha value is -1.71. The van der Waals surface area contributed by atoms with Gasteiger partial charge in [0.05, 0.1) is 5.25 Å². The fourth-order valence-corrected chi connectivity index (χ4v) is 2.32. The molecule has 0 N–H and O–H groups in total. The standard InChI is InChI=1S/C9H10F3N3O3S/c1-6(19(2,18)14-15(16)17)7-3-4-8(13-5-7)9(10,11)12/h3-6H,1-2H3. The molecule has 1 aromatic rings.